The van der Waals surface area contributed by atoms with Crippen molar-refractivity contribution in [3.05, 3.63) is 11.8 Å². The maximum atomic E-state index is 14.2. The summed E-state index contributed by atoms with van der Waals surface area (Å²) in [6, 6.07) is 0. The zero-order chi connectivity index (χ0) is 32.5. The van der Waals surface area contributed by atoms with Crippen LogP contribution in [0, 0.1) is 29.6 Å². The number of nitrogens with zero attached hydrogens (tertiary/aromatic N) is 2. The highest BCUT2D eigenvalue weighted by molar-refractivity contribution is 5.08. The molecule has 0 aromatic carbocycles. The van der Waals surface area contributed by atoms with E-state index in [0.29, 0.717) is 62.8 Å². The molecule has 11 heteroatoms. The summed E-state index contributed by atoms with van der Waals surface area (Å²) in [4.78, 5) is 16.3. The topological polar surface area (TPSA) is 61.9 Å². The smallest absolute Gasteiger partial charge is 0.448 e. The first-order valence-corrected chi connectivity index (χ1v) is 18.2. The molecular formula is C35H57F3N2O6. The predicted molar refractivity (Wildman–Crippen MR) is 166 cm³/mol. The summed E-state index contributed by atoms with van der Waals surface area (Å²) in [6.45, 7) is 12.7. The van der Waals surface area contributed by atoms with E-state index in [9.17, 15) is 13.2 Å². The van der Waals surface area contributed by atoms with E-state index in [0.717, 1.165) is 45.2 Å². The van der Waals surface area contributed by atoms with Crippen molar-refractivity contribution in [2.24, 2.45) is 29.6 Å². The van der Waals surface area contributed by atoms with Crippen molar-refractivity contribution in [2.75, 3.05) is 45.9 Å². The molecule has 10 unspecified atom stereocenters. The lowest BCUT2D eigenvalue weighted by molar-refractivity contribution is -0.449. The lowest BCUT2D eigenvalue weighted by atomic mass is 9.66. The Hall–Kier alpha value is -0.950. The van der Waals surface area contributed by atoms with Crippen molar-refractivity contribution in [1.29, 1.82) is 0 Å². The molecule has 4 aliphatic heterocycles. The summed E-state index contributed by atoms with van der Waals surface area (Å²) in [5.41, 5.74) is -0.782. The van der Waals surface area contributed by atoms with Crippen LogP contribution in [0.15, 0.2) is 11.8 Å². The molecular weight excluding hydrogens is 601 g/mol. The number of alkyl halides is 3. The number of allylic oxidation sites excluding steroid dienone is 1. The molecule has 2 bridgehead atoms. The SMILES string of the molecule is CCC1CCCC2CCC(C)OC(C)(OOCCN3CCN(CC=C(OC4OC5CCC6C(C)CCCC46O5)C(F)(F)F)CC3)C12. The fourth-order valence-corrected chi connectivity index (χ4v) is 9.85. The third-order valence-electron chi connectivity index (χ3n) is 12.2. The highest BCUT2D eigenvalue weighted by Crippen LogP contribution is 2.55. The molecule has 2 aliphatic carbocycles. The van der Waals surface area contributed by atoms with Gasteiger partial charge in [-0.1, -0.05) is 39.5 Å². The number of fused-ring (bicyclic) bond motifs is 2. The Balaban J connectivity index is 0.976. The number of hydrogen-bond donors (Lipinski definition) is 0. The van der Waals surface area contributed by atoms with E-state index in [1.165, 1.54) is 31.8 Å². The molecule has 2 saturated carbocycles. The van der Waals surface area contributed by atoms with Crippen molar-refractivity contribution in [1.82, 2.24) is 9.80 Å². The zero-order valence-electron chi connectivity index (χ0n) is 28.4. The van der Waals surface area contributed by atoms with Gasteiger partial charge in [0.05, 0.1) is 12.7 Å². The zero-order valence-corrected chi connectivity index (χ0v) is 28.4. The molecule has 0 aromatic rings. The maximum absolute atomic E-state index is 14.2. The molecule has 10 atom stereocenters. The van der Waals surface area contributed by atoms with Gasteiger partial charge in [-0.2, -0.15) is 13.2 Å². The van der Waals surface area contributed by atoms with Gasteiger partial charge in [-0.15, -0.1) is 0 Å². The number of piperazine rings is 1. The molecule has 0 amide bonds. The Morgan fingerprint density at radius 1 is 0.935 bits per heavy atom. The van der Waals surface area contributed by atoms with Gasteiger partial charge >= 0.3 is 6.18 Å². The Morgan fingerprint density at radius 2 is 1.72 bits per heavy atom. The van der Waals surface area contributed by atoms with Gasteiger partial charge in [-0.05, 0) is 88.5 Å². The minimum atomic E-state index is -4.60. The average molecular weight is 659 g/mol. The molecule has 1 spiro atoms. The largest absolute Gasteiger partial charge is 0.457 e. The Morgan fingerprint density at radius 3 is 2.48 bits per heavy atom. The van der Waals surface area contributed by atoms with E-state index in [1.54, 1.807) is 0 Å². The van der Waals surface area contributed by atoms with Crippen LogP contribution in [0.1, 0.15) is 98.3 Å². The lowest BCUT2D eigenvalue weighted by Gasteiger charge is -2.47. The molecule has 0 N–H and O–H groups in total. The van der Waals surface area contributed by atoms with Crippen molar-refractivity contribution in [3.63, 3.8) is 0 Å². The summed E-state index contributed by atoms with van der Waals surface area (Å²) in [5.74, 6) is 0.326. The van der Waals surface area contributed by atoms with E-state index in [4.69, 9.17) is 28.7 Å². The normalized spacial score (nSPS) is 42.7. The summed E-state index contributed by atoms with van der Waals surface area (Å²) >= 11 is 0. The van der Waals surface area contributed by atoms with Gasteiger partial charge in [-0.3, -0.25) is 9.80 Å². The van der Waals surface area contributed by atoms with Crippen molar-refractivity contribution >= 4 is 0 Å². The molecule has 264 valence electrons. The highest BCUT2D eigenvalue weighted by Gasteiger charge is 2.62. The third kappa shape index (κ3) is 7.45. The van der Waals surface area contributed by atoms with Crippen LogP contribution >= 0.6 is 0 Å². The quantitative estimate of drug-likeness (QED) is 0.107. The average Bonchev–Trinajstić information content (AvgIpc) is 3.19. The third-order valence-corrected chi connectivity index (χ3v) is 12.2. The van der Waals surface area contributed by atoms with Crippen LogP contribution in [0.25, 0.3) is 0 Å². The Kier molecular flexibility index (Phi) is 11.0. The molecule has 46 heavy (non-hydrogen) atoms. The predicted octanol–water partition coefficient (Wildman–Crippen LogP) is 7.04. The minimum absolute atomic E-state index is 0.133. The number of rotatable bonds is 10. The molecule has 6 fully saturated rings. The van der Waals surface area contributed by atoms with Gasteiger partial charge in [0.2, 0.25) is 17.8 Å². The summed E-state index contributed by atoms with van der Waals surface area (Å²) in [7, 11) is 0. The van der Waals surface area contributed by atoms with Crippen molar-refractivity contribution in [3.8, 4) is 0 Å². The molecule has 4 heterocycles. The van der Waals surface area contributed by atoms with Gasteiger partial charge in [0, 0.05) is 45.2 Å². The number of ether oxygens (including phenoxy) is 4. The Bertz CT molecular complexity index is 1040. The van der Waals surface area contributed by atoms with Gasteiger partial charge in [-0.25, -0.2) is 9.78 Å². The van der Waals surface area contributed by atoms with Crippen LogP contribution in [0.2, 0.25) is 0 Å². The minimum Gasteiger partial charge on any atom is -0.457 e. The van der Waals surface area contributed by atoms with Crippen LogP contribution in [-0.2, 0) is 28.7 Å². The summed E-state index contributed by atoms with van der Waals surface area (Å²) in [5, 5.41) is 0. The van der Waals surface area contributed by atoms with Crippen LogP contribution in [0.5, 0.6) is 0 Å². The second-order valence-electron chi connectivity index (χ2n) is 15.2. The molecule has 0 aromatic heterocycles. The first-order chi connectivity index (χ1) is 22.0. The molecule has 6 rings (SSSR count). The molecule has 4 saturated heterocycles. The van der Waals surface area contributed by atoms with Gasteiger partial charge < -0.3 is 18.9 Å². The Labute approximate surface area is 273 Å². The number of halogens is 3. The van der Waals surface area contributed by atoms with E-state index >= 15 is 0 Å². The van der Waals surface area contributed by atoms with Crippen molar-refractivity contribution < 1.29 is 41.9 Å². The maximum Gasteiger partial charge on any atom is 0.448 e. The molecule has 8 nitrogen and oxygen atoms in total. The second-order valence-corrected chi connectivity index (χ2v) is 15.2. The van der Waals surface area contributed by atoms with Gasteiger partial charge in [0.15, 0.2) is 6.29 Å². The fourth-order valence-electron chi connectivity index (χ4n) is 9.85. The molecule has 6 aliphatic rings. The van der Waals surface area contributed by atoms with E-state index in [2.05, 4.69) is 32.6 Å². The van der Waals surface area contributed by atoms with Crippen LogP contribution in [-0.4, -0.2) is 91.9 Å². The summed E-state index contributed by atoms with van der Waals surface area (Å²) in [6.07, 6.45) is 6.56. The van der Waals surface area contributed by atoms with Crippen LogP contribution < -0.4 is 0 Å². The lowest BCUT2D eigenvalue weighted by Crippen LogP contribution is -2.54. The van der Waals surface area contributed by atoms with E-state index in [-0.39, 0.29) is 18.6 Å². The van der Waals surface area contributed by atoms with Crippen LogP contribution in [0.3, 0.4) is 0 Å². The number of hydrogen-bond acceptors (Lipinski definition) is 8. The monoisotopic (exact) mass is 658 g/mol. The summed E-state index contributed by atoms with van der Waals surface area (Å²) < 4.78 is 66.9. The first-order valence-electron chi connectivity index (χ1n) is 18.2. The second kappa shape index (κ2) is 14.5. The van der Waals surface area contributed by atoms with Gasteiger partial charge in [0.25, 0.3) is 0 Å². The fraction of sp³-hybridized carbons (Fsp3) is 0.943. The van der Waals surface area contributed by atoms with Gasteiger partial charge in [0.1, 0.15) is 5.60 Å². The van der Waals surface area contributed by atoms with Crippen LogP contribution in [0.4, 0.5) is 13.2 Å². The standard InChI is InChI=1S/C35H57F3N2O6/c1-5-26-9-6-10-27-12-11-25(3)44-33(4,31(26)27)46-41-23-22-40-20-18-39(19-21-40)17-15-29(35(36,37)38)42-32-34-16-7-8-24(2)28(34)13-14-30(43-32)45-34/h15,24-28,30-32H,5-14,16-23H2,1-4H3. The first kappa shape index (κ1) is 34.9. The van der Waals surface area contributed by atoms with Crippen molar-refractivity contribution in [2.45, 2.75) is 135 Å². The van der Waals surface area contributed by atoms with E-state index < -0.39 is 35.9 Å². The van der Waals surface area contributed by atoms with E-state index in [1.807, 2.05) is 4.90 Å². The highest BCUT2D eigenvalue weighted by atomic mass is 19.4. The molecule has 0 radical (unpaired) electrons.